The Morgan fingerprint density at radius 3 is 2.40 bits per heavy atom. The molecule has 0 atom stereocenters. The molecule has 1 N–H and O–H groups in total. The van der Waals surface area contributed by atoms with Crippen LogP contribution in [-0.2, 0) is 19.7 Å². The van der Waals surface area contributed by atoms with E-state index in [-0.39, 0.29) is 30.1 Å². The van der Waals surface area contributed by atoms with Crippen LogP contribution in [-0.4, -0.2) is 19.0 Å². The molecule has 1 aromatic carbocycles. The fourth-order valence-corrected chi connectivity index (χ4v) is 1.75. The van der Waals surface area contributed by atoms with E-state index in [1.807, 2.05) is 19.1 Å². The quantitative estimate of drug-likeness (QED) is 0.860. The van der Waals surface area contributed by atoms with Gasteiger partial charge in [0.25, 0.3) is 0 Å². The van der Waals surface area contributed by atoms with Crippen molar-refractivity contribution in [1.82, 2.24) is 0 Å². The van der Waals surface area contributed by atoms with Crippen LogP contribution < -0.4 is 5.32 Å². The SMILES string of the molecule is COC(=O)CCC(=O)Nc1cc(C(C)(C)C)ccc1C. The molecular weight excluding hydrogens is 254 g/mol. The highest BCUT2D eigenvalue weighted by molar-refractivity contribution is 5.93. The van der Waals surface area contributed by atoms with Crippen LogP contribution in [0.5, 0.6) is 0 Å². The summed E-state index contributed by atoms with van der Waals surface area (Å²) in [5, 5.41) is 2.86. The fraction of sp³-hybridized carbons (Fsp3) is 0.500. The van der Waals surface area contributed by atoms with Gasteiger partial charge in [0.1, 0.15) is 0 Å². The minimum Gasteiger partial charge on any atom is -0.469 e. The van der Waals surface area contributed by atoms with E-state index in [0.29, 0.717) is 0 Å². The molecule has 0 aliphatic rings. The normalized spacial score (nSPS) is 11.1. The fourth-order valence-electron chi connectivity index (χ4n) is 1.75. The molecule has 1 aromatic rings. The van der Waals surface area contributed by atoms with Crippen molar-refractivity contribution < 1.29 is 14.3 Å². The highest BCUT2D eigenvalue weighted by atomic mass is 16.5. The van der Waals surface area contributed by atoms with Gasteiger partial charge in [-0.15, -0.1) is 0 Å². The van der Waals surface area contributed by atoms with Crippen LogP contribution in [0.3, 0.4) is 0 Å². The van der Waals surface area contributed by atoms with Gasteiger partial charge in [-0.1, -0.05) is 32.9 Å². The summed E-state index contributed by atoms with van der Waals surface area (Å²) in [6, 6.07) is 6.06. The Balaban J connectivity index is 2.76. The van der Waals surface area contributed by atoms with E-state index in [9.17, 15) is 9.59 Å². The molecule has 0 heterocycles. The third kappa shape index (κ3) is 4.68. The average Bonchev–Trinajstić information content (AvgIpc) is 2.37. The summed E-state index contributed by atoms with van der Waals surface area (Å²) < 4.78 is 4.52. The van der Waals surface area contributed by atoms with E-state index < -0.39 is 0 Å². The molecule has 1 amide bonds. The largest absolute Gasteiger partial charge is 0.469 e. The van der Waals surface area contributed by atoms with Crippen LogP contribution in [0, 0.1) is 6.92 Å². The number of methoxy groups -OCH3 is 1. The van der Waals surface area contributed by atoms with Crippen LogP contribution in [0.4, 0.5) is 5.69 Å². The maximum atomic E-state index is 11.8. The van der Waals surface area contributed by atoms with Gasteiger partial charge in [0.15, 0.2) is 0 Å². The number of anilines is 1. The lowest BCUT2D eigenvalue weighted by Crippen LogP contribution is -2.16. The zero-order valence-corrected chi connectivity index (χ0v) is 12.9. The molecule has 4 heteroatoms. The summed E-state index contributed by atoms with van der Waals surface area (Å²) in [6.07, 6.45) is 0.228. The van der Waals surface area contributed by atoms with Crippen molar-refractivity contribution in [3.8, 4) is 0 Å². The first-order chi connectivity index (χ1) is 9.24. The minimum atomic E-state index is -0.375. The summed E-state index contributed by atoms with van der Waals surface area (Å²) in [5.74, 6) is -0.551. The lowest BCUT2D eigenvalue weighted by atomic mass is 9.86. The van der Waals surface area contributed by atoms with Gasteiger partial charge < -0.3 is 10.1 Å². The number of hydrogen-bond donors (Lipinski definition) is 1. The predicted molar refractivity (Wildman–Crippen MR) is 79.8 cm³/mol. The molecule has 0 spiro atoms. The zero-order valence-electron chi connectivity index (χ0n) is 12.9. The second-order valence-electron chi connectivity index (χ2n) is 5.90. The van der Waals surface area contributed by atoms with Crippen molar-refractivity contribution in [3.63, 3.8) is 0 Å². The molecule has 0 aliphatic carbocycles. The number of hydrogen-bond acceptors (Lipinski definition) is 3. The van der Waals surface area contributed by atoms with Gasteiger partial charge in [-0.05, 0) is 29.5 Å². The Morgan fingerprint density at radius 1 is 1.20 bits per heavy atom. The number of aryl methyl sites for hydroxylation is 1. The molecule has 0 aromatic heterocycles. The van der Waals surface area contributed by atoms with E-state index in [1.54, 1.807) is 0 Å². The first kappa shape index (κ1) is 16.2. The van der Waals surface area contributed by atoms with E-state index in [1.165, 1.54) is 7.11 Å². The van der Waals surface area contributed by atoms with E-state index in [0.717, 1.165) is 16.8 Å². The molecule has 0 aliphatic heterocycles. The monoisotopic (exact) mass is 277 g/mol. The summed E-state index contributed by atoms with van der Waals surface area (Å²) >= 11 is 0. The van der Waals surface area contributed by atoms with Crippen molar-refractivity contribution in [1.29, 1.82) is 0 Å². The number of carbonyl (C=O) groups excluding carboxylic acids is 2. The summed E-state index contributed by atoms with van der Waals surface area (Å²) in [4.78, 5) is 22.8. The minimum absolute atomic E-state index is 0.0270. The van der Waals surface area contributed by atoms with E-state index in [4.69, 9.17) is 0 Å². The number of nitrogens with one attached hydrogen (secondary N) is 1. The number of benzene rings is 1. The Hall–Kier alpha value is -1.84. The molecule has 0 fully saturated rings. The lowest BCUT2D eigenvalue weighted by molar-refractivity contribution is -0.141. The van der Waals surface area contributed by atoms with Gasteiger partial charge in [-0.25, -0.2) is 0 Å². The Labute approximate surface area is 120 Å². The van der Waals surface area contributed by atoms with Crippen LogP contribution in [0.2, 0.25) is 0 Å². The summed E-state index contributed by atoms with van der Waals surface area (Å²) in [5.41, 5.74) is 2.99. The molecule has 1 rings (SSSR count). The second kappa shape index (κ2) is 6.55. The molecule has 0 bridgehead atoms. The highest BCUT2D eigenvalue weighted by Crippen LogP contribution is 2.27. The van der Waals surface area contributed by atoms with E-state index in [2.05, 4.69) is 36.9 Å². The molecule has 0 radical (unpaired) electrons. The second-order valence-corrected chi connectivity index (χ2v) is 5.90. The van der Waals surface area contributed by atoms with Gasteiger partial charge in [-0.3, -0.25) is 9.59 Å². The molecule has 20 heavy (non-hydrogen) atoms. The van der Waals surface area contributed by atoms with Crippen molar-refractivity contribution in [2.45, 2.75) is 46.0 Å². The van der Waals surface area contributed by atoms with Crippen LogP contribution in [0.1, 0.15) is 44.7 Å². The van der Waals surface area contributed by atoms with Crippen molar-refractivity contribution in [3.05, 3.63) is 29.3 Å². The van der Waals surface area contributed by atoms with Gasteiger partial charge in [0.2, 0.25) is 5.91 Å². The lowest BCUT2D eigenvalue weighted by Gasteiger charge is -2.21. The van der Waals surface area contributed by atoms with Crippen LogP contribution in [0.25, 0.3) is 0 Å². The van der Waals surface area contributed by atoms with Crippen molar-refractivity contribution >= 4 is 17.6 Å². The molecule has 0 saturated heterocycles. The van der Waals surface area contributed by atoms with Gasteiger partial charge >= 0.3 is 5.97 Å². The van der Waals surface area contributed by atoms with E-state index >= 15 is 0 Å². The van der Waals surface area contributed by atoms with Crippen molar-refractivity contribution in [2.24, 2.45) is 0 Å². The number of carbonyl (C=O) groups is 2. The molecule has 110 valence electrons. The summed E-state index contributed by atoms with van der Waals surface area (Å²) in [7, 11) is 1.32. The number of rotatable bonds is 4. The number of esters is 1. The third-order valence-corrected chi connectivity index (χ3v) is 3.16. The zero-order chi connectivity index (χ0) is 15.3. The predicted octanol–water partition coefficient (Wildman–Crippen LogP) is 3.18. The smallest absolute Gasteiger partial charge is 0.306 e. The standard InChI is InChI=1S/C16H23NO3/c1-11-6-7-12(16(2,3)4)10-13(11)17-14(18)8-9-15(19)20-5/h6-7,10H,8-9H2,1-5H3,(H,17,18). The maximum Gasteiger partial charge on any atom is 0.306 e. The van der Waals surface area contributed by atoms with Crippen LogP contribution >= 0.6 is 0 Å². The Morgan fingerprint density at radius 2 is 1.85 bits per heavy atom. The Bertz CT molecular complexity index is 501. The topological polar surface area (TPSA) is 55.4 Å². The van der Waals surface area contributed by atoms with Gasteiger partial charge in [0, 0.05) is 12.1 Å². The Kier molecular flexibility index (Phi) is 5.31. The molecule has 0 unspecified atom stereocenters. The molecular formula is C16H23NO3. The summed E-state index contributed by atoms with van der Waals surface area (Å²) in [6.45, 7) is 8.32. The number of amides is 1. The van der Waals surface area contributed by atoms with Gasteiger partial charge in [0.05, 0.1) is 13.5 Å². The highest BCUT2D eigenvalue weighted by Gasteiger charge is 2.15. The first-order valence-corrected chi connectivity index (χ1v) is 6.72. The third-order valence-electron chi connectivity index (χ3n) is 3.16. The number of ether oxygens (including phenoxy) is 1. The van der Waals surface area contributed by atoms with Crippen molar-refractivity contribution in [2.75, 3.05) is 12.4 Å². The van der Waals surface area contributed by atoms with Gasteiger partial charge in [-0.2, -0.15) is 0 Å². The maximum absolute atomic E-state index is 11.8. The van der Waals surface area contributed by atoms with Crippen LogP contribution in [0.15, 0.2) is 18.2 Å². The molecule has 0 saturated carbocycles. The molecule has 4 nitrogen and oxygen atoms in total. The average molecular weight is 277 g/mol. The first-order valence-electron chi connectivity index (χ1n) is 6.72.